The van der Waals surface area contributed by atoms with Crippen LogP contribution in [0.4, 0.5) is 5.69 Å². The Bertz CT molecular complexity index is 312. The second-order valence-electron chi connectivity index (χ2n) is 2.92. The van der Waals surface area contributed by atoms with Crippen LogP contribution in [0.1, 0.15) is 9.67 Å². The second kappa shape index (κ2) is 5.26. The molecule has 0 atom stereocenters. The summed E-state index contributed by atoms with van der Waals surface area (Å²) in [6, 6.07) is 1.76. The summed E-state index contributed by atoms with van der Waals surface area (Å²) in [6.07, 6.45) is 2.03. The number of nitrogens with zero attached hydrogens (tertiary/aromatic N) is 1. The third-order valence-corrected chi connectivity index (χ3v) is 3.38. The predicted octanol–water partition coefficient (Wildman–Crippen LogP) is 1.77. The molecule has 1 rings (SSSR count). The summed E-state index contributed by atoms with van der Waals surface area (Å²) in [5, 5.41) is 1.84. The number of nitrogen functional groups attached to an aromatic ring is 1. The molecule has 0 aliphatic carbocycles. The Balaban J connectivity index is 2.61. The molecule has 5 heteroatoms. The van der Waals surface area contributed by atoms with Gasteiger partial charge in [0.1, 0.15) is 4.88 Å². The van der Waals surface area contributed by atoms with Crippen LogP contribution in [0.3, 0.4) is 0 Å². The molecule has 0 unspecified atom stereocenters. The van der Waals surface area contributed by atoms with Gasteiger partial charge >= 0.3 is 0 Å². The lowest BCUT2D eigenvalue weighted by atomic mass is 10.3. The zero-order chi connectivity index (χ0) is 10.6. The number of hydrogen-bond acceptors (Lipinski definition) is 4. The van der Waals surface area contributed by atoms with Crippen molar-refractivity contribution >= 4 is 34.7 Å². The van der Waals surface area contributed by atoms with Gasteiger partial charge in [0.15, 0.2) is 0 Å². The number of amides is 1. The van der Waals surface area contributed by atoms with Gasteiger partial charge in [-0.25, -0.2) is 0 Å². The molecule has 3 nitrogen and oxygen atoms in total. The van der Waals surface area contributed by atoms with Crippen molar-refractivity contribution in [1.82, 2.24) is 4.90 Å². The highest BCUT2D eigenvalue weighted by Crippen LogP contribution is 2.20. The first kappa shape index (κ1) is 11.4. The minimum absolute atomic E-state index is 0.0200. The average Bonchev–Trinajstić information content (AvgIpc) is 2.59. The number of hydrogen-bond donors (Lipinski definition) is 1. The zero-order valence-corrected chi connectivity index (χ0v) is 9.95. The van der Waals surface area contributed by atoms with Crippen molar-refractivity contribution in [2.45, 2.75) is 0 Å². The van der Waals surface area contributed by atoms with Crippen molar-refractivity contribution in [2.24, 2.45) is 0 Å². The number of anilines is 1. The highest BCUT2D eigenvalue weighted by molar-refractivity contribution is 7.98. The highest BCUT2D eigenvalue weighted by Gasteiger charge is 2.15. The van der Waals surface area contributed by atoms with E-state index in [0.717, 1.165) is 12.3 Å². The first-order valence-corrected chi connectivity index (χ1v) is 6.51. The summed E-state index contributed by atoms with van der Waals surface area (Å²) >= 11 is 3.12. The Hall–Kier alpha value is -0.680. The van der Waals surface area contributed by atoms with Crippen LogP contribution >= 0.6 is 23.1 Å². The van der Waals surface area contributed by atoms with Crippen LogP contribution in [0.2, 0.25) is 0 Å². The lowest BCUT2D eigenvalue weighted by Gasteiger charge is -2.15. The fourth-order valence-corrected chi connectivity index (χ4v) is 2.26. The normalized spacial score (nSPS) is 10.1. The summed E-state index contributed by atoms with van der Waals surface area (Å²) in [5.41, 5.74) is 6.25. The van der Waals surface area contributed by atoms with Crippen LogP contribution in [0.15, 0.2) is 11.4 Å². The average molecular weight is 230 g/mol. The van der Waals surface area contributed by atoms with Gasteiger partial charge in [0.25, 0.3) is 5.91 Å². The van der Waals surface area contributed by atoms with Gasteiger partial charge < -0.3 is 10.6 Å². The molecule has 78 valence electrons. The second-order valence-corrected chi connectivity index (χ2v) is 4.83. The van der Waals surface area contributed by atoms with Gasteiger partial charge in [-0.3, -0.25) is 4.79 Å². The van der Waals surface area contributed by atoms with E-state index in [4.69, 9.17) is 5.73 Å². The molecule has 0 saturated carbocycles. The molecule has 0 fully saturated rings. The summed E-state index contributed by atoms with van der Waals surface area (Å²) in [7, 11) is 1.80. The molecule has 14 heavy (non-hydrogen) atoms. The van der Waals surface area contributed by atoms with Crippen molar-refractivity contribution < 1.29 is 4.79 Å². The number of carbonyl (C=O) groups excluding carboxylic acids is 1. The van der Waals surface area contributed by atoms with Gasteiger partial charge in [0.05, 0.1) is 5.69 Å². The van der Waals surface area contributed by atoms with Gasteiger partial charge in [-0.15, -0.1) is 11.3 Å². The molecule has 1 heterocycles. The van der Waals surface area contributed by atoms with Gasteiger partial charge in [-0.2, -0.15) is 11.8 Å². The Morgan fingerprint density at radius 1 is 1.71 bits per heavy atom. The van der Waals surface area contributed by atoms with Crippen LogP contribution in [-0.2, 0) is 0 Å². The maximum Gasteiger partial charge on any atom is 0.265 e. The van der Waals surface area contributed by atoms with E-state index in [1.165, 1.54) is 11.3 Å². The van der Waals surface area contributed by atoms with Crippen LogP contribution in [-0.4, -0.2) is 36.4 Å². The molecule has 0 aromatic carbocycles. The van der Waals surface area contributed by atoms with Crippen molar-refractivity contribution in [3.05, 3.63) is 16.3 Å². The van der Waals surface area contributed by atoms with Gasteiger partial charge in [-0.05, 0) is 17.7 Å². The summed E-state index contributed by atoms with van der Waals surface area (Å²) in [4.78, 5) is 14.1. The molecule has 0 saturated heterocycles. The van der Waals surface area contributed by atoms with Gasteiger partial charge in [0.2, 0.25) is 0 Å². The Morgan fingerprint density at radius 3 is 2.93 bits per heavy atom. The number of thioether (sulfide) groups is 1. The van der Waals surface area contributed by atoms with E-state index in [-0.39, 0.29) is 5.91 Å². The van der Waals surface area contributed by atoms with E-state index < -0.39 is 0 Å². The first-order chi connectivity index (χ1) is 6.66. The van der Waals surface area contributed by atoms with E-state index in [9.17, 15) is 4.79 Å². The lowest BCUT2D eigenvalue weighted by molar-refractivity contribution is 0.0809. The lowest BCUT2D eigenvalue weighted by Crippen LogP contribution is -2.28. The van der Waals surface area contributed by atoms with Crippen LogP contribution in [0.5, 0.6) is 0 Å². The first-order valence-electron chi connectivity index (χ1n) is 4.24. The molecular formula is C9H14N2OS2. The van der Waals surface area contributed by atoms with E-state index in [2.05, 4.69) is 0 Å². The number of rotatable bonds is 4. The number of carbonyl (C=O) groups is 1. The molecule has 0 bridgehead atoms. The highest BCUT2D eigenvalue weighted by atomic mass is 32.2. The van der Waals surface area contributed by atoms with Crippen molar-refractivity contribution in [3.63, 3.8) is 0 Å². The van der Waals surface area contributed by atoms with Crippen LogP contribution in [0, 0.1) is 0 Å². The molecule has 0 spiro atoms. The molecule has 1 aromatic heterocycles. The molecule has 0 aliphatic rings. The molecule has 0 radical (unpaired) electrons. The molecule has 2 N–H and O–H groups in total. The SMILES string of the molecule is CSCCN(C)C(=O)c1sccc1N. The Kier molecular flexibility index (Phi) is 4.28. The Morgan fingerprint density at radius 2 is 2.43 bits per heavy atom. The smallest absolute Gasteiger partial charge is 0.265 e. The van der Waals surface area contributed by atoms with Crippen molar-refractivity contribution in [3.8, 4) is 0 Å². The number of thiophene rings is 1. The minimum atomic E-state index is 0.0200. The largest absolute Gasteiger partial charge is 0.397 e. The van der Waals surface area contributed by atoms with E-state index in [0.29, 0.717) is 10.6 Å². The molecule has 0 aliphatic heterocycles. The minimum Gasteiger partial charge on any atom is -0.397 e. The molecule has 1 amide bonds. The van der Waals surface area contributed by atoms with Gasteiger partial charge in [0, 0.05) is 19.3 Å². The van der Waals surface area contributed by atoms with Crippen LogP contribution in [0.25, 0.3) is 0 Å². The molecular weight excluding hydrogens is 216 g/mol. The summed E-state index contributed by atoms with van der Waals surface area (Å²) in [5.74, 6) is 0.972. The third kappa shape index (κ3) is 2.65. The standard InChI is InChI=1S/C9H14N2OS2/c1-11(4-6-13-2)9(12)8-7(10)3-5-14-8/h3,5H,4,6,10H2,1-2H3. The van der Waals surface area contributed by atoms with E-state index in [1.54, 1.807) is 29.8 Å². The Labute approximate surface area is 92.3 Å². The topological polar surface area (TPSA) is 46.3 Å². The maximum absolute atomic E-state index is 11.8. The van der Waals surface area contributed by atoms with Crippen molar-refractivity contribution in [1.29, 1.82) is 0 Å². The predicted molar refractivity (Wildman–Crippen MR) is 64.1 cm³/mol. The van der Waals surface area contributed by atoms with E-state index >= 15 is 0 Å². The maximum atomic E-state index is 11.8. The monoisotopic (exact) mass is 230 g/mol. The zero-order valence-electron chi connectivity index (χ0n) is 8.32. The summed E-state index contributed by atoms with van der Waals surface area (Å²) in [6.45, 7) is 0.761. The fourth-order valence-electron chi connectivity index (χ4n) is 0.996. The van der Waals surface area contributed by atoms with Gasteiger partial charge in [-0.1, -0.05) is 0 Å². The van der Waals surface area contributed by atoms with Crippen molar-refractivity contribution in [2.75, 3.05) is 31.3 Å². The van der Waals surface area contributed by atoms with E-state index in [1.807, 2.05) is 11.6 Å². The fraction of sp³-hybridized carbons (Fsp3) is 0.444. The number of nitrogens with two attached hydrogens (primary N) is 1. The van der Waals surface area contributed by atoms with Crippen LogP contribution < -0.4 is 5.73 Å². The third-order valence-electron chi connectivity index (χ3n) is 1.87. The molecule has 1 aromatic rings. The quantitative estimate of drug-likeness (QED) is 0.857. The summed E-state index contributed by atoms with van der Waals surface area (Å²) < 4.78 is 0.